The lowest BCUT2D eigenvalue weighted by molar-refractivity contribution is -0.0288. The molecule has 0 saturated carbocycles. The molecule has 1 saturated heterocycles. The molecule has 10 heteroatoms. The second-order valence-electron chi connectivity index (χ2n) is 7.00. The van der Waals surface area contributed by atoms with Crippen molar-refractivity contribution in [2.75, 3.05) is 40.2 Å². The molecule has 0 radical (unpaired) electrons. The number of rotatable bonds is 6. The van der Waals surface area contributed by atoms with Crippen molar-refractivity contribution in [3.8, 4) is 17.2 Å². The molecule has 1 N–H and O–H groups in total. The van der Waals surface area contributed by atoms with E-state index in [1.807, 2.05) is 18.2 Å². The number of methoxy groups -OCH3 is 1. The Morgan fingerprint density at radius 1 is 1.29 bits per heavy atom. The van der Waals surface area contributed by atoms with Gasteiger partial charge in [-0.15, -0.1) is 0 Å². The fraction of sp³-hybridized carbons (Fsp3) is 0.381. The van der Waals surface area contributed by atoms with Gasteiger partial charge in [0.15, 0.2) is 16.6 Å². The van der Waals surface area contributed by atoms with Crippen LogP contribution in [0.25, 0.3) is 0 Å². The van der Waals surface area contributed by atoms with Crippen LogP contribution < -0.4 is 19.5 Å². The van der Waals surface area contributed by atoms with Gasteiger partial charge in [0, 0.05) is 25.8 Å². The fourth-order valence-electron chi connectivity index (χ4n) is 3.26. The summed E-state index contributed by atoms with van der Waals surface area (Å²) >= 11 is 5.56. The van der Waals surface area contributed by atoms with Crippen LogP contribution in [-0.4, -0.2) is 67.3 Å². The van der Waals surface area contributed by atoms with E-state index in [4.69, 9.17) is 35.9 Å². The maximum Gasteiger partial charge on any atom is 0.339 e. The molecule has 164 valence electrons. The summed E-state index contributed by atoms with van der Waals surface area (Å²) in [7, 11) is 1.32. The molecule has 2 aliphatic heterocycles. The third-order valence-corrected chi connectivity index (χ3v) is 5.28. The smallest absolute Gasteiger partial charge is 0.339 e. The highest BCUT2D eigenvalue weighted by atomic mass is 32.1. The summed E-state index contributed by atoms with van der Waals surface area (Å²) in [5, 5.41) is 3.94. The first-order valence-corrected chi connectivity index (χ1v) is 10.2. The SMILES string of the molecule is COC(=O)c1cncc(OCC2CN(C(=S)NCc3ccc4c(c3)OCO4)CCO2)c1. The summed E-state index contributed by atoms with van der Waals surface area (Å²) in [6, 6.07) is 7.42. The predicted molar refractivity (Wildman–Crippen MR) is 114 cm³/mol. The Morgan fingerprint density at radius 2 is 2.16 bits per heavy atom. The molecule has 0 amide bonds. The van der Waals surface area contributed by atoms with Gasteiger partial charge in [-0.2, -0.15) is 0 Å². The number of benzene rings is 1. The maximum atomic E-state index is 11.6. The molecule has 2 aromatic rings. The van der Waals surface area contributed by atoms with Gasteiger partial charge in [-0.05, 0) is 36.0 Å². The largest absolute Gasteiger partial charge is 0.489 e. The lowest BCUT2D eigenvalue weighted by Gasteiger charge is -2.34. The minimum Gasteiger partial charge on any atom is -0.489 e. The van der Waals surface area contributed by atoms with Crippen molar-refractivity contribution < 1.29 is 28.5 Å². The highest BCUT2D eigenvalue weighted by Crippen LogP contribution is 2.32. The number of nitrogens with zero attached hydrogens (tertiary/aromatic N) is 2. The Labute approximate surface area is 185 Å². The lowest BCUT2D eigenvalue weighted by atomic mass is 10.2. The third kappa shape index (κ3) is 5.33. The molecule has 1 atom stereocenters. The molecule has 9 nitrogen and oxygen atoms in total. The van der Waals surface area contributed by atoms with Crippen LogP contribution in [0.2, 0.25) is 0 Å². The highest BCUT2D eigenvalue weighted by Gasteiger charge is 2.23. The standard InChI is InChI=1S/C21H23N3O6S/c1-26-20(25)15-7-16(10-22-9-15)28-12-17-11-24(4-5-27-17)21(31)23-8-14-2-3-18-19(6-14)30-13-29-18/h2-3,6-7,9-10,17H,4-5,8,11-13H2,1H3,(H,23,31). The van der Waals surface area contributed by atoms with E-state index in [1.54, 1.807) is 12.3 Å². The average molecular weight is 445 g/mol. The first-order chi connectivity index (χ1) is 15.1. The number of aromatic nitrogens is 1. The van der Waals surface area contributed by atoms with Crippen molar-refractivity contribution in [2.45, 2.75) is 12.6 Å². The van der Waals surface area contributed by atoms with Crippen molar-refractivity contribution >= 4 is 23.3 Å². The Kier molecular flexibility index (Phi) is 6.68. The summed E-state index contributed by atoms with van der Waals surface area (Å²) < 4.78 is 27.0. The Balaban J connectivity index is 1.26. The number of ether oxygens (including phenoxy) is 5. The van der Waals surface area contributed by atoms with Gasteiger partial charge in [0.25, 0.3) is 0 Å². The predicted octanol–water partition coefficient (Wildman–Crippen LogP) is 1.75. The van der Waals surface area contributed by atoms with Crippen LogP contribution in [0.5, 0.6) is 17.2 Å². The van der Waals surface area contributed by atoms with E-state index in [0.717, 1.165) is 17.1 Å². The van der Waals surface area contributed by atoms with Gasteiger partial charge in [0.05, 0.1) is 25.5 Å². The van der Waals surface area contributed by atoms with Gasteiger partial charge < -0.3 is 33.9 Å². The van der Waals surface area contributed by atoms with Gasteiger partial charge in [-0.3, -0.25) is 4.98 Å². The molecule has 0 bridgehead atoms. The number of carbonyl (C=O) groups excluding carboxylic acids is 1. The summed E-state index contributed by atoms with van der Waals surface area (Å²) in [5.74, 6) is 1.53. The van der Waals surface area contributed by atoms with Gasteiger partial charge in [0.1, 0.15) is 18.5 Å². The van der Waals surface area contributed by atoms with Crippen molar-refractivity contribution in [1.29, 1.82) is 0 Å². The first-order valence-electron chi connectivity index (χ1n) is 9.81. The van der Waals surface area contributed by atoms with Crippen LogP contribution in [0.15, 0.2) is 36.7 Å². The second-order valence-corrected chi connectivity index (χ2v) is 7.38. The number of pyridine rings is 1. The summed E-state index contributed by atoms with van der Waals surface area (Å²) in [5.41, 5.74) is 1.39. The second kappa shape index (κ2) is 9.80. The molecule has 0 spiro atoms. The van der Waals surface area contributed by atoms with Crippen molar-refractivity contribution in [1.82, 2.24) is 15.2 Å². The van der Waals surface area contributed by atoms with Gasteiger partial charge >= 0.3 is 5.97 Å². The Hall–Kier alpha value is -3.11. The van der Waals surface area contributed by atoms with E-state index in [9.17, 15) is 4.79 Å². The number of esters is 1. The quantitative estimate of drug-likeness (QED) is 0.524. The molecular formula is C21H23N3O6S. The molecule has 2 aliphatic rings. The number of thiocarbonyl (C=S) groups is 1. The molecule has 3 heterocycles. The molecule has 0 aliphatic carbocycles. The van der Waals surface area contributed by atoms with E-state index in [2.05, 4.69) is 15.2 Å². The lowest BCUT2D eigenvalue weighted by Crippen LogP contribution is -2.50. The molecular weight excluding hydrogens is 422 g/mol. The first kappa shape index (κ1) is 21.1. The topological polar surface area (TPSA) is 91.4 Å². The molecule has 1 aromatic carbocycles. The van der Waals surface area contributed by atoms with Crippen LogP contribution in [0, 0.1) is 0 Å². The summed E-state index contributed by atoms with van der Waals surface area (Å²) in [4.78, 5) is 17.7. The Morgan fingerprint density at radius 3 is 3.03 bits per heavy atom. The van der Waals surface area contributed by atoms with E-state index in [-0.39, 0.29) is 12.9 Å². The monoisotopic (exact) mass is 445 g/mol. The minimum atomic E-state index is -0.461. The molecule has 31 heavy (non-hydrogen) atoms. The summed E-state index contributed by atoms with van der Waals surface area (Å²) in [6.45, 7) is 2.98. The van der Waals surface area contributed by atoms with Crippen LogP contribution in [0.4, 0.5) is 0 Å². The van der Waals surface area contributed by atoms with E-state index < -0.39 is 5.97 Å². The zero-order valence-electron chi connectivity index (χ0n) is 17.0. The minimum absolute atomic E-state index is 0.166. The van der Waals surface area contributed by atoms with Gasteiger partial charge in [-0.25, -0.2) is 4.79 Å². The number of hydrogen-bond acceptors (Lipinski definition) is 8. The fourth-order valence-corrected chi connectivity index (χ4v) is 3.50. The highest BCUT2D eigenvalue weighted by molar-refractivity contribution is 7.80. The zero-order valence-corrected chi connectivity index (χ0v) is 17.9. The zero-order chi connectivity index (χ0) is 21.6. The number of nitrogens with one attached hydrogen (secondary N) is 1. The summed E-state index contributed by atoms with van der Waals surface area (Å²) in [6.07, 6.45) is 2.81. The molecule has 1 aromatic heterocycles. The van der Waals surface area contributed by atoms with Gasteiger partial charge in [-0.1, -0.05) is 6.07 Å². The maximum absolute atomic E-state index is 11.6. The normalized spacial score (nSPS) is 17.2. The van der Waals surface area contributed by atoms with Crippen LogP contribution >= 0.6 is 12.2 Å². The van der Waals surface area contributed by atoms with Crippen molar-refractivity contribution in [2.24, 2.45) is 0 Å². The van der Waals surface area contributed by atoms with Crippen LogP contribution in [0.3, 0.4) is 0 Å². The number of morpholine rings is 1. The Bertz CT molecular complexity index is 956. The number of fused-ring (bicyclic) bond motifs is 1. The molecule has 4 rings (SSSR count). The number of carbonyl (C=O) groups is 1. The van der Waals surface area contributed by atoms with Crippen LogP contribution in [-0.2, 0) is 16.0 Å². The third-order valence-electron chi connectivity index (χ3n) is 4.88. The van der Waals surface area contributed by atoms with Crippen LogP contribution in [0.1, 0.15) is 15.9 Å². The average Bonchev–Trinajstić information content (AvgIpc) is 3.29. The number of hydrogen-bond donors (Lipinski definition) is 1. The van der Waals surface area contributed by atoms with Crippen molar-refractivity contribution in [3.63, 3.8) is 0 Å². The van der Waals surface area contributed by atoms with E-state index >= 15 is 0 Å². The molecule has 1 fully saturated rings. The van der Waals surface area contributed by atoms with E-state index in [1.165, 1.54) is 13.3 Å². The van der Waals surface area contributed by atoms with Gasteiger partial charge in [0.2, 0.25) is 6.79 Å². The van der Waals surface area contributed by atoms with Crippen molar-refractivity contribution in [3.05, 3.63) is 47.8 Å². The molecule has 1 unspecified atom stereocenters. The van der Waals surface area contributed by atoms with E-state index in [0.29, 0.717) is 49.3 Å².